The number of carbonyl (C=O) groups is 3. The van der Waals surface area contributed by atoms with E-state index in [1.165, 1.54) is 4.90 Å². The fraction of sp³-hybridized carbons (Fsp3) is 0.261. The first-order valence-electron chi connectivity index (χ1n) is 19.3. The van der Waals surface area contributed by atoms with Crippen molar-refractivity contribution in [1.82, 2.24) is 15.5 Å². The van der Waals surface area contributed by atoms with Gasteiger partial charge in [0.1, 0.15) is 31.0 Å². The maximum atomic E-state index is 14.0. The van der Waals surface area contributed by atoms with E-state index in [-0.39, 0.29) is 32.0 Å². The van der Waals surface area contributed by atoms with Crippen LogP contribution in [0.2, 0.25) is 10.0 Å². The van der Waals surface area contributed by atoms with Crippen LogP contribution in [0.1, 0.15) is 59.8 Å². The molecule has 4 atom stereocenters. The van der Waals surface area contributed by atoms with Crippen LogP contribution in [0, 0.1) is 11.3 Å². The van der Waals surface area contributed by atoms with Gasteiger partial charge in [-0.2, -0.15) is 5.26 Å². The van der Waals surface area contributed by atoms with Crippen LogP contribution in [0.3, 0.4) is 0 Å². The molecule has 0 spiro atoms. The van der Waals surface area contributed by atoms with Crippen LogP contribution < -0.4 is 24.8 Å². The quantitative estimate of drug-likeness (QED) is 0.113. The minimum Gasteiger partial charge on any atom is -0.489 e. The Hall–Kier alpha value is -6.22. The average Bonchev–Trinajstić information content (AvgIpc) is 3.25. The molecule has 11 nitrogen and oxygen atoms in total. The molecule has 13 heteroatoms. The van der Waals surface area contributed by atoms with Crippen LogP contribution in [0.25, 0.3) is 11.1 Å². The van der Waals surface area contributed by atoms with Crippen LogP contribution in [-0.2, 0) is 35.6 Å². The average molecular weight is 834 g/mol. The van der Waals surface area contributed by atoms with Crippen molar-refractivity contribution in [2.24, 2.45) is 0 Å². The second kappa shape index (κ2) is 18.1. The van der Waals surface area contributed by atoms with E-state index in [1.807, 2.05) is 92.7 Å². The number of carboxylic acid groups (broad SMARTS) is 1. The summed E-state index contributed by atoms with van der Waals surface area (Å²) in [4.78, 5) is 41.7. The highest BCUT2D eigenvalue weighted by Gasteiger charge is 2.38. The summed E-state index contributed by atoms with van der Waals surface area (Å²) < 4.78 is 18.6. The van der Waals surface area contributed by atoms with Crippen molar-refractivity contribution in [1.29, 1.82) is 5.26 Å². The normalized spacial score (nSPS) is 16.5. The van der Waals surface area contributed by atoms with Crippen molar-refractivity contribution in [2.45, 2.75) is 70.5 Å². The van der Waals surface area contributed by atoms with Gasteiger partial charge in [0.15, 0.2) is 17.6 Å². The largest absolute Gasteiger partial charge is 0.489 e. The van der Waals surface area contributed by atoms with Crippen LogP contribution in [0.4, 0.5) is 4.79 Å². The number of fused-ring (bicyclic) bond motifs is 2. The lowest BCUT2D eigenvalue weighted by Gasteiger charge is -2.38. The summed E-state index contributed by atoms with van der Waals surface area (Å²) in [7, 11) is 0. The fourth-order valence-corrected chi connectivity index (χ4v) is 7.33. The number of benzene rings is 5. The number of ether oxygens (including phenoxy) is 3. The van der Waals surface area contributed by atoms with Gasteiger partial charge >= 0.3 is 12.0 Å². The van der Waals surface area contributed by atoms with E-state index in [1.54, 1.807) is 24.3 Å². The number of rotatable bonds is 12. The predicted octanol–water partition coefficient (Wildman–Crippen LogP) is 8.67. The molecule has 5 aromatic rings. The third kappa shape index (κ3) is 9.74. The molecule has 0 radical (unpaired) electrons. The number of halogens is 2. The standard InChI is InChI=1S/C46H42Cl2N4O7/c1-3-27(2)50-46(56)52-24-35-22-42-41(58-26-43(59-42)33-13-15-36(16-14-33)57-25-30-8-17-37(47)38(48)18-30)21-34(35)20-40(52)44(53)51-39(45(54)55)19-28-4-9-31(10-5-28)32-11-6-29(23-49)7-12-32/h4-18,21-22,27,39-40,43H,3,19-20,24-26H2,1-2H3,(H,50,56)(H,51,53)(H,54,55). The molecule has 4 unspecified atom stereocenters. The van der Waals surface area contributed by atoms with Crippen molar-refractivity contribution >= 4 is 41.1 Å². The van der Waals surface area contributed by atoms with E-state index in [0.717, 1.165) is 33.4 Å². The van der Waals surface area contributed by atoms with Gasteiger partial charge < -0.3 is 34.9 Å². The van der Waals surface area contributed by atoms with Crippen LogP contribution >= 0.6 is 23.2 Å². The second-order valence-electron chi connectivity index (χ2n) is 14.7. The lowest BCUT2D eigenvalue weighted by atomic mass is 9.92. The van der Waals surface area contributed by atoms with E-state index in [4.69, 9.17) is 42.7 Å². The summed E-state index contributed by atoms with van der Waals surface area (Å²) in [5.74, 6) is -0.0611. The Bertz CT molecular complexity index is 2380. The Labute approximate surface area is 352 Å². The summed E-state index contributed by atoms with van der Waals surface area (Å²) in [5.41, 5.74) is 6.45. The summed E-state index contributed by atoms with van der Waals surface area (Å²) in [5, 5.41) is 25.9. The minimum absolute atomic E-state index is 0.0332. The molecule has 0 saturated carbocycles. The number of nitrogens with zero attached hydrogens (tertiary/aromatic N) is 2. The van der Waals surface area contributed by atoms with Crippen LogP contribution in [-0.4, -0.2) is 52.6 Å². The van der Waals surface area contributed by atoms with E-state index in [2.05, 4.69) is 16.7 Å². The number of urea groups is 1. The van der Waals surface area contributed by atoms with Crippen molar-refractivity contribution in [3.63, 3.8) is 0 Å². The lowest BCUT2D eigenvalue weighted by Crippen LogP contribution is -2.58. The zero-order valence-corrected chi connectivity index (χ0v) is 33.9. The predicted molar refractivity (Wildman–Crippen MR) is 224 cm³/mol. The number of hydrogen-bond donors (Lipinski definition) is 3. The molecule has 0 aliphatic carbocycles. The summed E-state index contributed by atoms with van der Waals surface area (Å²) >= 11 is 12.2. The molecule has 5 aromatic carbocycles. The highest BCUT2D eigenvalue weighted by Crippen LogP contribution is 2.41. The van der Waals surface area contributed by atoms with Gasteiger partial charge in [-0.1, -0.05) is 84.7 Å². The van der Waals surface area contributed by atoms with Crippen molar-refractivity contribution < 1.29 is 33.7 Å². The molecular weight excluding hydrogens is 791 g/mol. The minimum atomic E-state index is -1.25. The first-order valence-corrected chi connectivity index (χ1v) is 20.0. The van der Waals surface area contributed by atoms with E-state index < -0.39 is 36.1 Å². The Morgan fingerprint density at radius 3 is 2.22 bits per heavy atom. The summed E-state index contributed by atoms with van der Waals surface area (Å²) in [6.07, 6.45) is 0.454. The molecule has 7 rings (SSSR count). The number of nitrogens with one attached hydrogen (secondary N) is 2. The first-order chi connectivity index (χ1) is 28.5. The third-order valence-corrected chi connectivity index (χ3v) is 11.3. The second-order valence-corrected chi connectivity index (χ2v) is 15.5. The zero-order valence-electron chi connectivity index (χ0n) is 32.4. The van der Waals surface area contributed by atoms with E-state index in [0.29, 0.717) is 51.4 Å². The number of carboxylic acids is 1. The van der Waals surface area contributed by atoms with E-state index >= 15 is 0 Å². The molecule has 2 aliphatic rings. The van der Waals surface area contributed by atoms with Gasteiger partial charge in [0.2, 0.25) is 5.91 Å². The number of hydrogen-bond acceptors (Lipinski definition) is 7. The molecule has 3 amide bonds. The molecule has 0 saturated heterocycles. The van der Waals surface area contributed by atoms with Crippen molar-refractivity contribution in [2.75, 3.05) is 6.61 Å². The number of carbonyl (C=O) groups excluding carboxylic acids is 2. The van der Waals surface area contributed by atoms with Crippen LogP contribution in [0.5, 0.6) is 17.2 Å². The highest BCUT2D eigenvalue weighted by molar-refractivity contribution is 6.42. The summed E-state index contributed by atoms with van der Waals surface area (Å²) in [6.45, 7) is 4.50. The van der Waals surface area contributed by atoms with Gasteiger partial charge in [-0.05, 0) is 101 Å². The van der Waals surface area contributed by atoms with Gasteiger partial charge in [0, 0.05) is 25.4 Å². The monoisotopic (exact) mass is 832 g/mol. The molecular formula is C46H42Cl2N4O7. The number of aliphatic carboxylic acids is 1. The van der Waals surface area contributed by atoms with Crippen LogP contribution in [0.15, 0.2) is 103 Å². The molecule has 2 aliphatic heterocycles. The lowest BCUT2D eigenvalue weighted by molar-refractivity contribution is -0.142. The SMILES string of the molecule is CCC(C)NC(=O)N1Cc2cc3c(cc2CC1C(=O)NC(Cc1ccc(-c2ccc(C#N)cc2)cc1)C(=O)O)OCC(c1ccc(OCc2ccc(Cl)c(Cl)c2)cc1)O3. The van der Waals surface area contributed by atoms with Gasteiger partial charge in [0.25, 0.3) is 0 Å². The number of nitriles is 1. The number of amides is 3. The zero-order chi connectivity index (χ0) is 41.6. The van der Waals surface area contributed by atoms with Gasteiger partial charge in [-0.3, -0.25) is 4.79 Å². The molecule has 2 heterocycles. The Morgan fingerprint density at radius 1 is 0.881 bits per heavy atom. The topological polar surface area (TPSA) is 150 Å². The highest BCUT2D eigenvalue weighted by atomic mass is 35.5. The fourth-order valence-electron chi connectivity index (χ4n) is 7.01. The van der Waals surface area contributed by atoms with E-state index in [9.17, 15) is 19.5 Å². The molecule has 59 heavy (non-hydrogen) atoms. The Kier molecular flexibility index (Phi) is 12.6. The molecule has 0 aromatic heterocycles. The van der Waals surface area contributed by atoms with Crippen molar-refractivity contribution in [3.05, 3.63) is 147 Å². The third-order valence-electron chi connectivity index (χ3n) is 10.6. The summed E-state index contributed by atoms with van der Waals surface area (Å²) in [6, 6.07) is 30.5. The molecule has 0 bridgehead atoms. The van der Waals surface area contributed by atoms with Gasteiger partial charge in [0.05, 0.1) is 21.7 Å². The Morgan fingerprint density at radius 2 is 1.56 bits per heavy atom. The molecule has 0 fully saturated rings. The maximum absolute atomic E-state index is 14.0. The van der Waals surface area contributed by atoms with Crippen molar-refractivity contribution in [3.8, 4) is 34.4 Å². The smallest absolute Gasteiger partial charge is 0.326 e. The molecule has 302 valence electrons. The Balaban J connectivity index is 1.04. The first kappa shape index (κ1) is 41.0. The van der Waals surface area contributed by atoms with Gasteiger partial charge in [-0.15, -0.1) is 0 Å². The maximum Gasteiger partial charge on any atom is 0.326 e. The van der Waals surface area contributed by atoms with Gasteiger partial charge in [-0.25, -0.2) is 9.59 Å². The molecule has 3 N–H and O–H groups in total.